The van der Waals surface area contributed by atoms with Crippen molar-refractivity contribution < 1.29 is 0 Å². The lowest BCUT2D eigenvalue weighted by molar-refractivity contribution is 0.348. The number of likely N-dealkylation sites (tertiary alicyclic amines) is 1. The molecule has 1 unspecified atom stereocenters. The van der Waals surface area contributed by atoms with Crippen LogP contribution in [0.25, 0.3) is 22.5 Å². The molecule has 1 aliphatic heterocycles. The summed E-state index contributed by atoms with van der Waals surface area (Å²) in [5, 5.41) is 15.7. The molecule has 0 bridgehead atoms. The zero-order valence-corrected chi connectivity index (χ0v) is 24.4. The third-order valence-corrected chi connectivity index (χ3v) is 7.40. The fourth-order valence-electron chi connectivity index (χ4n) is 5.22. The van der Waals surface area contributed by atoms with Gasteiger partial charge in [0.15, 0.2) is 0 Å². The summed E-state index contributed by atoms with van der Waals surface area (Å²) in [7, 11) is 2.11. The van der Waals surface area contributed by atoms with Crippen molar-refractivity contribution in [1.29, 1.82) is 0 Å². The van der Waals surface area contributed by atoms with Crippen LogP contribution in [0.3, 0.4) is 0 Å². The average Bonchev–Trinajstić information content (AvgIpc) is 3.71. The van der Waals surface area contributed by atoms with Crippen LogP contribution in [-0.4, -0.2) is 42.1 Å². The summed E-state index contributed by atoms with van der Waals surface area (Å²) in [4.78, 5) is 10.6. The Balaban J connectivity index is 1.34. The quantitative estimate of drug-likeness (QED) is 0.192. The lowest BCUT2D eigenvalue weighted by Crippen LogP contribution is -2.17. The number of tetrazole rings is 1. The van der Waals surface area contributed by atoms with Crippen LogP contribution in [0.1, 0.15) is 50.5 Å². The summed E-state index contributed by atoms with van der Waals surface area (Å²) in [6.07, 6.45) is 12.2. The van der Waals surface area contributed by atoms with Crippen LogP contribution >= 0.6 is 11.6 Å². The van der Waals surface area contributed by atoms with Crippen LogP contribution in [0.5, 0.6) is 0 Å². The van der Waals surface area contributed by atoms with E-state index in [9.17, 15) is 0 Å². The van der Waals surface area contributed by atoms with Crippen molar-refractivity contribution >= 4 is 22.9 Å². The molecular weight excluding hydrogens is 532 g/mol. The topological polar surface area (TPSA) is 87.5 Å². The third-order valence-electron chi connectivity index (χ3n) is 7.16. The van der Waals surface area contributed by atoms with Gasteiger partial charge in [-0.05, 0) is 83.2 Å². The van der Waals surface area contributed by atoms with E-state index in [0.29, 0.717) is 10.9 Å². The molecule has 8 nitrogen and oxygen atoms in total. The van der Waals surface area contributed by atoms with Gasteiger partial charge in [-0.15, -0.1) is 5.10 Å². The Morgan fingerprint density at radius 2 is 2.02 bits per heavy atom. The molecule has 0 aliphatic carbocycles. The van der Waals surface area contributed by atoms with Crippen molar-refractivity contribution in [2.24, 2.45) is 5.92 Å². The number of nitrogens with one attached hydrogen (secondary N) is 2. The molecule has 0 radical (unpaired) electrons. The van der Waals surface area contributed by atoms with Gasteiger partial charge in [0.1, 0.15) is 12.2 Å². The van der Waals surface area contributed by atoms with Crippen LogP contribution in [-0.2, 0) is 0 Å². The first-order valence-electron chi connectivity index (χ1n) is 13.7. The molecule has 3 heterocycles. The molecule has 4 aromatic rings. The van der Waals surface area contributed by atoms with Crippen molar-refractivity contribution in [1.82, 2.24) is 35.1 Å². The van der Waals surface area contributed by atoms with Crippen molar-refractivity contribution in [2.75, 3.05) is 12.4 Å². The second-order valence-corrected chi connectivity index (χ2v) is 11.1. The summed E-state index contributed by atoms with van der Waals surface area (Å²) in [6, 6.07) is 14.2. The highest BCUT2D eigenvalue weighted by Gasteiger charge is 2.29. The number of benzene rings is 2. The van der Waals surface area contributed by atoms with Gasteiger partial charge in [0.25, 0.3) is 0 Å². The first-order valence-corrected chi connectivity index (χ1v) is 14.1. The minimum absolute atomic E-state index is 0.138. The smallest absolute Gasteiger partial charge is 0.143 e. The Kier molecular flexibility index (Phi) is 8.50. The lowest BCUT2D eigenvalue weighted by Gasteiger charge is -2.22. The van der Waals surface area contributed by atoms with Gasteiger partial charge in [0, 0.05) is 34.7 Å². The minimum Gasteiger partial charge on any atom is -0.368 e. The molecule has 41 heavy (non-hydrogen) atoms. The van der Waals surface area contributed by atoms with E-state index < -0.39 is 0 Å². The van der Waals surface area contributed by atoms with Crippen LogP contribution < -0.4 is 5.32 Å². The summed E-state index contributed by atoms with van der Waals surface area (Å²) < 4.78 is 1.64. The molecule has 2 aromatic heterocycles. The Bertz CT molecular complexity index is 1580. The average molecular weight is 567 g/mol. The van der Waals surface area contributed by atoms with E-state index in [4.69, 9.17) is 16.6 Å². The Labute approximate surface area is 246 Å². The van der Waals surface area contributed by atoms with Gasteiger partial charge < -0.3 is 15.2 Å². The van der Waals surface area contributed by atoms with Gasteiger partial charge in [-0.2, -0.15) is 4.68 Å². The molecule has 5 rings (SSSR count). The molecule has 2 aromatic carbocycles. The number of nitrogens with zero attached hydrogens (tertiary/aromatic N) is 6. The summed E-state index contributed by atoms with van der Waals surface area (Å²) in [5.41, 5.74) is 8.07. The van der Waals surface area contributed by atoms with Gasteiger partial charge in [-0.25, -0.2) is 4.98 Å². The minimum atomic E-state index is 0.138. The maximum absolute atomic E-state index is 6.41. The lowest BCUT2D eigenvalue weighted by atomic mass is 10.0. The number of rotatable bonds is 10. The Morgan fingerprint density at radius 1 is 1.22 bits per heavy atom. The highest BCUT2D eigenvalue weighted by Crippen LogP contribution is 2.38. The highest BCUT2D eigenvalue weighted by molar-refractivity contribution is 6.30. The van der Waals surface area contributed by atoms with E-state index in [1.54, 1.807) is 17.1 Å². The second-order valence-electron chi connectivity index (χ2n) is 10.7. The number of anilines is 1. The second kappa shape index (κ2) is 12.4. The van der Waals surface area contributed by atoms with Gasteiger partial charge in [-0.3, -0.25) is 0 Å². The first-order chi connectivity index (χ1) is 19.8. The zero-order chi connectivity index (χ0) is 28.9. The summed E-state index contributed by atoms with van der Waals surface area (Å²) >= 11 is 6.41. The van der Waals surface area contributed by atoms with Crippen LogP contribution in [0.4, 0.5) is 5.69 Å². The number of aromatic nitrogens is 6. The molecule has 0 amide bonds. The van der Waals surface area contributed by atoms with Crippen molar-refractivity contribution in [3.05, 3.63) is 114 Å². The van der Waals surface area contributed by atoms with Crippen molar-refractivity contribution in [2.45, 2.75) is 39.2 Å². The monoisotopic (exact) mass is 566 g/mol. The Hall–Kier alpha value is -4.43. The largest absolute Gasteiger partial charge is 0.368 e. The number of H-pyrrole nitrogens is 1. The molecule has 2 N–H and O–H groups in total. The molecule has 0 saturated carbocycles. The fraction of sp³-hybridized carbons (Fsp3) is 0.250. The third kappa shape index (κ3) is 6.49. The molecule has 9 heteroatoms. The van der Waals surface area contributed by atoms with E-state index in [0.717, 1.165) is 64.6 Å². The number of hydrogen-bond acceptors (Lipinski definition) is 6. The van der Waals surface area contributed by atoms with Crippen LogP contribution in [0.15, 0.2) is 97.8 Å². The van der Waals surface area contributed by atoms with E-state index in [1.807, 2.05) is 30.5 Å². The molecule has 210 valence electrons. The SMILES string of the molecule is C=C/C=C(\C=C1\CCC(c2ncc(-c3ccc(NC(=C)CC(C)C)cc3)[nH]2)N1C)c1cc(Cl)ccc1-n1cnnn1. The van der Waals surface area contributed by atoms with Gasteiger partial charge in [0.05, 0.1) is 23.6 Å². The van der Waals surface area contributed by atoms with Gasteiger partial charge in [0.2, 0.25) is 0 Å². The predicted molar refractivity (Wildman–Crippen MR) is 166 cm³/mol. The predicted octanol–water partition coefficient (Wildman–Crippen LogP) is 7.60. The zero-order valence-electron chi connectivity index (χ0n) is 23.7. The summed E-state index contributed by atoms with van der Waals surface area (Å²) in [5.74, 6) is 1.52. The molecule has 1 atom stereocenters. The molecule has 1 saturated heterocycles. The standard InChI is InChI=1S/C32H35ClN8/c1-6-7-24(28-18-25(33)10-14-30(28)41-20-35-38-39-41)17-27-13-15-31(40(27)5)32-34-19-29(37-32)23-8-11-26(12-9-23)36-22(4)16-21(2)3/h6-12,14,17-21,31,36H,1,4,13,15-16H2,2-3,5H3,(H,34,37)/b24-7+,27-17-. The fourth-order valence-corrected chi connectivity index (χ4v) is 5.39. The van der Waals surface area contributed by atoms with Gasteiger partial charge in [-0.1, -0.05) is 62.9 Å². The van der Waals surface area contributed by atoms with Crippen molar-refractivity contribution in [3.8, 4) is 16.9 Å². The number of allylic oxidation sites excluding steroid dienone is 6. The molecule has 1 aliphatic rings. The number of halogens is 1. The van der Waals surface area contributed by atoms with Crippen LogP contribution in [0.2, 0.25) is 5.02 Å². The maximum Gasteiger partial charge on any atom is 0.143 e. The highest BCUT2D eigenvalue weighted by atomic mass is 35.5. The van der Waals surface area contributed by atoms with E-state index >= 15 is 0 Å². The number of aromatic amines is 1. The number of imidazole rings is 1. The van der Waals surface area contributed by atoms with Crippen molar-refractivity contribution in [3.63, 3.8) is 0 Å². The van der Waals surface area contributed by atoms with E-state index in [-0.39, 0.29) is 6.04 Å². The maximum atomic E-state index is 6.41. The number of hydrogen-bond donors (Lipinski definition) is 2. The van der Waals surface area contributed by atoms with Crippen LogP contribution in [0, 0.1) is 5.92 Å². The van der Waals surface area contributed by atoms with E-state index in [1.165, 1.54) is 5.70 Å². The summed E-state index contributed by atoms with van der Waals surface area (Å²) in [6.45, 7) is 12.5. The molecule has 0 spiro atoms. The normalized spacial score (nSPS) is 16.5. The molecule has 1 fully saturated rings. The van der Waals surface area contributed by atoms with Gasteiger partial charge >= 0.3 is 0 Å². The molecular formula is C32H35ClN8. The first kappa shape index (κ1) is 28.1. The Morgan fingerprint density at radius 3 is 2.73 bits per heavy atom. The van der Waals surface area contributed by atoms with E-state index in [2.05, 4.69) is 95.1 Å².